The topological polar surface area (TPSA) is 32.3 Å². The lowest BCUT2D eigenvalue weighted by atomic mass is 10.2. The molecule has 1 aromatic carbocycles. The van der Waals surface area contributed by atoms with E-state index in [-0.39, 0.29) is 6.61 Å². The van der Waals surface area contributed by atoms with Gasteiger partial charge in [0.15, 0.2) is 0 Å². The predicted octanol–water partition coefficient (Wildman–Crippen LogP) is 2.55. The van der Waals surface area contributed by atoms with E-state index >= 15 is 0 Å². The summed E-state index contributed by atoms with van der Waals surface area (Å²) in [5.41, 5.74) is 2.35. The van der Waals surface area contributed by atoms with Crippen LogP contribution in [0.1, 0.15) is 12.0 Å². The number of aliphatic hydroxyl groups is 1. The Morgan fingerprint density at radius 3 is 2.92 bits per heavy atom. The average molecular weight is 244 g/mol. The van der Waals surface area contributed by atoms with Gasteiger partial charge in [-0.1, -0.05) is 22.0 Å². The van der Waals surface area contributed by atoms with Crippen molar-refractivity contribution in [1.82, 2.24) is 0 Å². The molecule has 2 N–H and O–H groups in total. The zero-order chi connectivity index (χ0) is 9.68. The van der Waals surface area contributed by atoms with Gasteiger partial charge in [-0.25, -0.2) is 0 Å². The number of aliphatic hydroxyl groups excluding tert-OH is 1. The maximum absolute atomic E-state index is 8.62. The Balaban J connectivity index is 2.59. The molecule has 0 radical (unpaired) electrons. The number of halogens is 1. The number of hydrogen-bond donors (Lipinski definition) is 2. The molecule has 0 unspecified atom stereocenters. The fraction of sp³-hybridized carbons (Fsp3) is 0.400. The van der Waals surface area contributed by atoms with Gasteiger partial charge in [-0.2, -0.15) is 0 Å². The van der Waals surface area contributed by atoms with Crippen LogP contribution in [0.5, 0.6) is 0 Å². The molecule has 3 heteroatoms. The molecule has 0 atom stereocenters. The summed E-state index contributed by atoms with van der Waals surface area (Å²) in [7, 11) is 0. The molecule has 0 aliphatic carbocycles. The molecular weight excluding hydrogens is 230 g/mol. The highest BCUT2D eigenvalue weighted by Crippen LogP contribution is 2.20. The van der Waals surface area contributed by atoms with E-state index in [1.807, 2.05) is 12.1 Å². The number of nitrogens with one attached hydrogen (secondary N) is 1. The minimum Gasteiger partial charge on any atom is -0.396 e. The van der Waals surface area contributed by atoms with Crippen LogP contribution in [0, 0.1) is 6.92 Å². The fourth-order valence-corrected chi connectivity index (χ4v) is 1.45. The Morgan fingerprint density at radius 2 is 2.23 bits per heavy atom. The second-order valence-electron chi connectivity index (χ2n) is 2.96. The van der Waals surface area contributed by atoms with Crippen molar-refractivity contribution in [2.75, 3.05) is 18.5 Å². The van der Waals surface area contributed by atoms with E-state index in [4.69, 9.17) is 5.11 Å². The van der Waals surface area contributed by atoms with E-state index < -0.39 is 0 Å². The first kappa shape index (κ1) is 10.5. The highest BCUT2D eigenvalue weighted by atomic mass is 79.9. The molecule has 0 saturated heterocycles. The summed E-state index contributed by atoms with van der Waals surface area (Å²) in [5.74, 6) is 0. The monoisotopic (exact) mass is 243 g/mol. The van der Waals surface area contributed by atoms with Crippen LogP contribution in [0.2, 0.25) is 0 Å². The lowest BCUT2D eigenvalue weighted by Crippen LogP contribution is -2.04. The maximum atomic E-state index is 8.62. The molecule has 0 saturated carbocycles. The van der Waals surface area contributed by atoms with Crippen LogP contribution in [0.3, 0.4) is 0 Å². The Morgan fingerprint density at radius 1 is 1.46 bits per heavy atom. The van der Waals surface area contributed by atoms with E-state index in [0.29, 0.717) is 0 Å². The van der Waals surface area contributed by atoms with E-state index in [0.717, 1.165) is 23.1 Å². The first-order valence-corrected chi connectivity index (χ1v) is 5.14. The lowest BCUT2D eigenvalue weighted by Gasteiger charge is -2.08. The van der Waals surface area contributed by atoms with Gasteiger partial charge in [0.1, 0.15) is 0 Å². The molecular formula is C10H14BrNO. The molecule has 0 heterocycles. The van der Waals surface area contributed by atoms with Crippen LogP contribution in [-0.4, -0.2) is 18.3 Å². The summed E-state index contributed by atoms with van der Waals surface area (Å²) in [6, 6.07) is 6.13. The molecule has 1 aromatic rings. The van der Waals surface area contributed by atoms with E-state index in [1.54, 1.807) is 0 Å². The second-order valence-corrected chi connectivity index (χ2v) is 3.88. The molecule has 0 bridgehead atoms. The highest BCUT2D eigenvalue weighted by Gasteiger charge is 1.97. The first-order chi connectivity index (χ1) is 6.24. The Kier molecular flexibility index (Phi) is 4.25. The van der Waals surface area contributed by atoms with Gasteiger partial charge in [0.25, 0.3) is 0 Å². The summed E-state index contributed by atoms with van der Waals surface area (Å²) in [5, 5.41) is 11.9. The van der Waals surface area contributed by atoms with Crippen LogP contribution < -0.4 is 5.32 Å². The third-order valence-electron chi connectivity index (χ3n) is 1.85. The number of rotatable bonds is 4. The second kappa shape index (κ2) is 5.25. The molecule has 0 fully saturated rings. The summed E-state index contributed by atoms with van der Waals surface area (Å²) in [6.07, 6.45) is 0.784. The van der Waals surface area contributed by atoms with Crippen LogP contribution in [0.15, 0.2) is 22.7 Å². The van der Waals surface area contributed by atoms with Crippen molar-refractivity contribution in [3.8, 4) is 0 Å². The average Bonchev–Trinajstić information content (AvgIpc) is 2.11. The minimum absolute atomic E-state index is 0.236. The molecule has 13 heavy (non-hydrogen) atoms. The summed E-state index contributed by atoms with van der Waals surface area (Å²) < 4.78 is 1.07. The van der Waals surface area contributed by atoms with Crippen molar-refractivity contribution in [2.24, 2.45) is 0 Å². The quantitative estimate of drug-likeness (QED) is 0.798. The van der Waals surface area contributed by atoms with Crippen LogP contribution in [0.4, 0.5) is 5.69 Å². The van der Waals surface area contributed by atoms with Crippen molar-refractivity contribution < 1.29 is 5.11 Å². The van der Waals surface area contributed by atoms with Gasteiger partial charge in [0, 0.05) is 23.3 Å². The van der Waals surface area contributed by atoms with Gasteiger partial charge in [0.05, 0.1) is 0 Å². The third-order valence-corrected chi connectivity index (χ3v) is 2.34. The van der Waals surface area contributed by atoms with Crippen LogP contribution in [-0.2, 0) is 0 Å². The standard InChI is InChI=1S/C10H14BrNO/c1-8-3-4-9(11)7-10(8)12-5-2-6-13/h3-4,7,12-13H,2,5-6H2,1H3. The molecule has 0 spiro atoms. The maximum Gasteiger partial charge on any atom is 0.0447 e. The van der Waals surface area contributed by atoms with Crippen molar-refractivity contribution in [3.63, 3.8) is 0 Å². The normalized spacial score (nSPS) is 10.1. The summed E-state index contributed by atoms with van der Waals surface area (Å²) >= 11 is 3.42. The van der Waals surface area contributed by atoms with Gasteiger partial charge in [0.2, 0.25) is 0 Å². The van der Waals surface area contributed by atoms with Crippen LogP contribution in [0.25, 0.3) is 0 Å². The smallest absolute Gasteiger partial charge is 0.0447 e. The molecule has 0 aliphatic rings. The number of benzene rings is 1. The molecule has 0 aromatic heterocycles. The summed E-state index contributed by atoms with van der Waals surface area (Å²) in [4.78, 5) is 0. The van der Waals surface area contributed by atoms with E-state index in [9.17, 15) is 0 Å². The molecule has 2 nitrogen and oxygen atoms in total. The Bertz CT molecular complexity index is 276. The third kappa shape index (κ3) is 3.36. The SMILES string of the molecule is Cc1ccc(Br)cc1NCCCO. The van der Waals surface area contributed by atoms with Crippen molar-refractivity contribution in [2.45, 2.75) is 13.3 Å². The van der Waals surface area contributed by atoms with E-state index in [1.165, 1.54) is 5.56 Å². The first-order valence-electron chi connectivity index (χ1n) is 4.35. The lowest BCUT2D eigenvalue weighted by molar-refractivity contribution is 0.292. The number of hydrogen-bond acceptors (Lipinski definition) is 2. The Hall–Kier alpha value is -0.540. The van der Waals surface area contributed by atoms with E-state index in [2.05, 4.69) is 34.2 Å². The van der Waals surface area contributed by atoms with Crippen molar-refractivity contribution in [3.05, 3.63) is 28.2 Å². The van der Waals surface area contributed by atoms with Gasteiger partial charge in [-0.05, 0) is 31.0 Å². The minimum atomic E-state index is 0.236. The Labute approximate surface area is 87.1 Å². The zero-order valence-corrected chi connectivity index (χ0v) is 9.26. The van der Waals surface area contributed by atoms with Gasteiger partial charge < -0.3 is 10.4 Å². The zero-order valence-electron chi connectivity index (χ0n) is 7.68. The highest BCUT2D eigenvalue weighted by molar-refractivity contribution is 9.10. The van der Waals surface area contributed by atoms with Gasteiger partial charge in [-0.3, -0.25) is 0 Å². The number of anilines is 1. The summed E-state index contributed by atoms with van der Waals surface area (Å²) in [6.45, 7) is 3.11. The van der Waals surface area contributed by atoms with Crippen molar-refractivity contribution >= 4 is 21.6 Å². The van der Waals surface area contributed by atoms with Gasteiger partial charge >= 0.3 is 0 Å². The molecule has 1 rings (SSSR count). The number of aryl methyl sites for hydroxylation is 1. The molecule has 0 amide bonds. The van der Waals surface area contributed by atoms with Gasteiger partial charge in [-0.15, -0.1) is 0 Å². The van der Waals surface area contributed by atoms with Crippen LogP contribution >= 0.6 is 15.9 Å². The fourth-order valence-electron chi connectivity index (χ4n) is 1.09. The predicted molar refractivity (Wildman–Crippen MR) is 59.1 cm³/mol. The molecule has 0 aliphatic heterocycles. The molecule has 72 valence electrons. The van der Waals surface area contributed by atoms with Crippen molar-refractivity contribution in [1.29, 1.82) is 0 Å². The largest absolute Gasteiger partial charge is 0.396 e.